The molecule has 0 saturated heterocycles. The number of hydrogen-bond donors (Lipinski definition) is 2. The summed E-state index contributed by atoms with van der Waals surface area (Å²) < 4.78 is 0. The highest BCUT2D eigenvalue weighted by molar-refractivity contribution is 7.80. The minimum atomic E-state index is -0.906. The van der Waals surface area contributed by atoms with Gasteiger partial charge < -0.3 is 10.4 Å². The van der Waals surface area contributed by atoms with E-state index < -0.39 is 14.0 Å². The van der Waals surface area contributed by atoms with Gasteiger partial charge in [-0.05, 0) is 35.5 Å². The summed E-state index contributed by atoms with van der Waals surface area (Å²) in [6.07, 6.45) is 0. The Labute approximate surface area is 184 Å². The molecule has 4 heteroatoms. The van der Waals surface area contributed by atoms with Crippen LogP contribution in [0.15, 0.2) is 115 Å². The van der Waals surface area contributed by atoms with E-state index >= 15 is 0 Å². The van der Waals surface area contributed by atoms with Crippen LogP contribution in [-0.4, -0.2) is 17.6 Å². The molecular formula is C27H24NO2P. The summed E-state index contributed by atoms with van der Waals surface area (Å²) in [6, 6.07) is 37.5. The van der Waals surface area contributed by atoms with Crippen molar-refractivity contribution in [3.8, 4) is 0 Å². The molecule has 0 aliphatic rings. The Kier molecular flexibility index (Phi) is 6.89. The van der Waals surface area contributed by atoms with Gasteiger partial charge in [-0.2, -0.15) is 0 Å². The highest BCUT2D eigenvalue weighted by Gasteiger charge is 2.23. The van der Waals surface area contributed by atoms with Gasteiger partial charge in [0.1, 0.15) is 0 Å². The lowest BCUT2D eigenvalue weighted by Gasteiger charge is -2.23. The second-order valence-corrected chi connectivity index (χ2v) is 9.33. The van der Waals surface area contributed by atoms with Gasteiger partial charge in [-0.1, -0.05) is 109 Å². The second kappa shape index (κ2) is 10.2. The van der Waals surface area contributed by atoms with Crippen LogP contribution in [0.5, 0.6) is 0 Å². The minimum absolute atomic E-state index is 0.163. The highest BCUT2D eigenvalue weighted by Crippen LogP contribution is 2.34. The molecule has 0 unspecified atom stereocenters. The van der Waals surface area contributed by atoms with Crippen molar-refractivity contribution in [3.63, 3.8) is 0 Å². The van der Waals surface area contributed by atoms with Gasteiger partial charge in [0.2, 0.25) is 0 Å². The number of benzene rings is 4. The first-order valence-electron chi connectivity index (χ1n) is 10.2. The summed E-state index contributed by atoms with van der Waals surface area (Å²) in [5, 5.41) is 16.3. The van der Waals surface area contributed by atoms with Crippen molar-refractivity contribution >= 4 is 29.7 Å². The monoisotopic (exact) mass is 425 g/mol. The normalized spacial score (nSPS) is 11.8. The van der Waals surface area contributed by atoms with Crippen molar-refractivity contribution in [3.05, 3.63) is 126 Å². The third kappa shape index (κ3) is 4.91. The van der Waals surface area contributed by atoms with Crippen LogP contribution in [0.3, 0.4) is 0 Å². The summed E-state index contributed by atoms with van der Waals surface area (Å²) in [4.78, 5) is 13.4. The molecule has 0 saturated carbocycles. The predicted molar refractivity (Wildman–Crippen MR) is 129 cm³/mol. The number of rotatable bonds is 7. The molecule has 0 aromatic heterocycles. The van der Waals surface area contributed by atoms with E-state index in [0.717, 1.165) is 10.9 Å². The van der Waals surface area contributed by atoms with E-state index in [1.165, 1.54) is 10.6 Å². The number of aliphatic hydroxyl groups is 1. The molecule has 0 aliphatic carbocycles. The number of amides is 1. The van der Waals surface area contributed by atoms with E-state index in [4.69, 9.17) is 0 Å². The van der Waals surface area contributed by atoms with Gasteiger partial charge in [0, 0.05) is 5.56 Å². The molecule has 1 amide bonds. The highest BCUT2D eigenvalue weighted by atomic mass is 31.1. The average Bonchev–Trinajstić information content (AvgIpc) is 2.85. The lowest BCUT2D eigenvalue weighted by molar-refractivity contribution is 0.0917. The van der Waals surface area contributed by atoms with Gasteiger partial charge in [0.05, 0.1) is 12.6 Å². The van der Waals surface area contributed by atoms with Crippen LogP contribution in [0, 0.1) is 0 Å². The molecule has 0 heterocycles. The van der Waals surface area contributed by atoms with Crippen LogP contribution in [0.2, 0.25) is 0 Å². The number of aliphatic hydroxyl groups excluding tert-OH is 1. The van der Waals surface area contributed by atoms with E-state index in [1.807, 2.05) is 91.0 Å². The quantitative estimate of drug-likeness (QED) is 0.441. The van der Waals surface area contributed by atoms with E-state index in [1.54, 1.807) is 0 Å². The van der Waals surface area contributed by atoms with Crippen LogP contribution in [0.4, 0.5) is 0 Å². The molecule has 0 aliphatic heterocycles. The molecule has 0 radical (unpaired) electrons. The first-order valence-corrected chi connectivity index (χ1v) is 11.6. The zero-order valence-corrected chi connectivity index (χ0v) is 18.0. The molecule has 4 rings (SSSR count). The first-order chi connectivity index (χ1) is 15.3. The Morgan fingerprint density at radius 3 is 1.74 bits per heavy atom. The van der Waals surface area contributed by atoms with Crippen LogP contribution in [0.25, 0.3) is 0 Å². The summed E-state index contributed by atoms with van der Waals surface area (Å²) in [5.41, 5.74) is 1.51. The van der Waals surface area contributed by atoms with Crippen molar-refractivity contribution in [2.45, 2.75) is 6.04 Å². The van der Waals surface area contributed by atoms with Crippen molar-refractivity contribution in [2.24, 2.45) is 0 Å². The van der Waals surface area contributed by atoms with E-state index in [9.17, 15) is 9.90 Å². The van der Waals surface area contributed by atoms with Gasteiger partial charge >= 0.3 is 0 Å². The molecule has 31 heavy (non-hydrogen) atoms. The van der Waals surface area contributed by atoms with Crippen molar-refractivity contribution in [1.82, 2.24) is 5.32 Å². The number of nitrogens with one attached hydrogen (secondary N) is 1. The lowest BCUT2D eigenvalue weighted by atomic mass is 10.1. The zero-order chi connectivity index (χ0) is 21.5. The van der Waals surface area contributed by atoms with Gasteiger partial charge in [-0.3, -0.25) is 4.79 Å². The zero-order valence-electron chi connectivity index (χ0n) is 17.1. The second-order valence-electron chi connectivity index (χ2n) is 7.14. The van der Waals surface area contributed by atoms with Crippen molar-refractivity contribution in [2.75, 3.05) is 6.61 Å². The fraction of sp³-hybridized carbons (Fsp3) is 0.0741. The maximum Gasteiger partial charge on any atom is 0.252 e. The van der Waals surface area contributed by atoms with Gasteiger partial charge in [0.15, 0.2) is 0 Å². The maximum absolute atomic E-state index is 13.4. The van der Waals surface area contributed by atoms with Crippen molar-refractivity contribution in [1.29, 1.82) is 0 Å². The third-order valence-electron chi connectivity index (χ3n) is 5.11. The summed E-state index contributed by atoms with van der Waals surface area (Å²) in [7, 11) is -0.906. The average molecular weight is 425 g/mol. The Hall–Kier alpha value is -3.26. The standard InChI is InChI=1S/C27H24NO2P/c29-20-25(21-12-4-1-5-13-21)28-27(30)24-18-10-11-19-26(24)31(22-14-6-2-7-15-22)23-16-8-3-9-17-23/h1-19,25,29H,20H2,(H,28,30)/t25-/m1/s1. The SMILES string of the molecule is O=C(N[C@H](CO)c1ccccc1)c1ccccc1P(c1ccccc1)c1ccccc1. The molecule has 4 aromatic carbocycles. The predicted octanol–water partition coefficient (Wildman–Crippen LogP) is 3.91. The first kappa shape index (κ1) is 21.0. The molecule has 3 nitrogen and oxygen atoms in total. The van der Waals surface area contributed by atoms with E-state index in [-0.39, 0.29) is 12.5 Å². The Bertz CT molecular complexity index is 1080. The Morgan fingerprint density at radius 2 is 1.19 bits per heavy atom. The largest absolute Gasteiger partial charge is 0.394 e. The molecule has 1 atom stereocenters. The van der Waals surface area contributed by atoms with Gasteiger partial charge in [-0.15, -0.1) is 0 Å². The van der Waals surface area contributed by atoms with E-state index in [2.05, 4.69) is 29.6 Å². The third-order valence-corrected chi connectivity index (χ3v) is 7.61. The topological polar surface area (TPSA) is 49.3 Å². The Balaban J connectivity index is 1.73. The van der Waals surface area contributed by atoms with Gasteiger partial charge in [-0.25, -0.2) is 0 Å². The van der Waals surface area contributed by atoms with Crippen LogP contribution < -0.4 is 21.2 Å². The number of hydrogen-bond acceptors (Lipinski definition) is 2. The van der Waals surface area contributed by atoms with Crippen molar-refractivity contribution < 1.29 is 9.90 Å². The molecule has 0 spiro atoms. The molecule has 0 fully saturated rings. The molecule has 2 N–H and O–H groups in total. The Morgan fingerprint density at radius 1 is 0.710 bits per heavy atom. The van der Waals surface area contributed by atoms with Crippen LogP contribution in [0.1, 0.15) is 22.0 Å². The maximum atomic E-state index is 13.4. The fourth-order valence-corrected chi connectivity index (χ4v) is 6.04. The summed E-state index contributed by atoms with van der Waals surface area (Å²) >= 11 is 0. The summed E-state index contributed by atoms with van der Waals surface area (Å²) in [6.45, 7) is -0.163. The summed E-state index contributed by atoms with van der Waals surface area (Å²) in [5.74, 6) is -0.183. The molecule has 154 valence electrons. The number of carbonyl (C=O) groups excluding carboxylic acids is 1. The lowest BCUT2D eigenvalue weighted by Crippen LogP contribution is -2.35. The minimum Gasteiger partial charge on any atom is -0.394 e. The smallest absolute Gasteiger partial charge is 0.252 e. The molecule has 4 aromatic rings. The molecule has 0 bridgehead atoms. The van der Waals surface area contributed by atoms with Crippen LogP contribution in [-0.2, 0) is 0 Å². The van der Waals surface area contributed by atoms with E-state index in [0.29, 0.717) is 5.56 Å². The van der Waals surface area contributed by atoms with Crippen LogP contribution >= 0.6 is 7.92 Å². The number of carbonyl (C=O) groups is 1. The van der Waals surface area contributed by atoms with Gasteiger partial charge in [0.25, 0.3) is 5.91 Å². The fourth-order valence-electron chi connectivity index (χ4n) is 3.60. The molecular weight excluding hydrogens is 401 g/mol.